The largest absolute Gasteiger partial charge is 0.496 e. The SMILES string of the molecule is COc1ccc(C(=O)Nc2cc(Cl)ccc2Oc2ccccc2)cc1COc1ccccc1C(C)C. The Hall–Kier alpha value is -3.96. The summed E-state index contributed by atoms with van der Waals surface area (Å²) in [5.41, 5.74) is 2.81. The maximum absolute atomic E-state index is 13.2. The number of anilines is 1. The molecule has 4 aromatic carbocycles. The summed E-state index contributed by atoms with van der Waals surface area (Å²) in [6.45, 7) is 4.51. The maximum Gasteiger partial charge on any atom is 0.255 e. The number of para-hydroxylation sites is 2. The molecule has 4 rings (SSSR count). The summed E-state index contributed by atoms with van der Waals surface area (Å²) in [6.07, 6.45) is 0. The highest BCUT2D eigenvalue weighted by Gasteiger charge is 2.15. The van der Waals surface area contributed by atoms with Crippen molar-refractivity contribution in [2.75, 3.05) is 12.4 Å². The lowest BCUT2D eigenvalue weighted by atomic mass is 10.0. The van der Waals surface area contributed by atoms with Gasteiger partial charge >= 0.3 is 0 Å². The minimum atomic E-state index is -0.304. The second-order valence-electron chi connectivity index (χ2n) is 8.52. The molecule has 36 heavy (non-hydrogen) atoms. The Morgan fingerprint density at radius 3 is 2.33 bits per heavy atom. The Balaban J connectivity index is 1.55. The molecule has 0 aliphatic carbocycles. The molecule has 0 spiro atoms. The Morgan fingerprint density at radius 1 is 0.861 bits per heavy atom. The van der Waals surface area contributed by atoms with Gasteiger partial charge in [0, 0.05) is 16.1 Å². The lowest BCUT2D eigenvalue weighted by Gasteiger charge is -2.16. The van der Waals surface area contributed by atoms with E-state index in [1.54, 1.807) is 43.5 Å². The summed E-state index contributed by atoms with van der Waals surface area (Å²) in [5, 5.41) is 3.41. The van der Waals surface area contributed by atoms with Crippen molar-refractivity contribution in [1.29, 1.82) is 0 Å². The van der Waals surface area contributed by atoms with E-state index in [-0.39, 0.29) is 12.5 Å². The number of carbonyl (C=O) groups excluding carboxylic acids is 1. The van der Waals surface area contributed by atoms with Crippen LogP contribution in [0.3, 0.4) is 0 Å². The van der Waals surface area contributed by atoms with Gasteiger partial charge in [-0.3, -0.25) is 4.79 Å². The third kappa shape index (κ3) is 6.18. The van der Waals surface area contributed by atoms with Crippen LogP contribution in [0.4, 0.5) is 5.69 Å². The van der Waals surface area contributed by atoms with Crippen LogP contribution in [-0.2, 0) is 6.61 Å². The molecule has 0 aliphatic heterocycles. The summed E-state index contributed by atoms with van der Waals surface area (Å²) in [4.78, 5) is 13.2. The van der Waals surface area contributed by atoms with Crippen LogP contribution in [0, 0.1) is 0 Å². The summed E-state index contributed by atoms with van der Waals surface area (Å²) >= 11 is 6.21. The first-order chi connectivity index (χ1) is 17.4. The van der Waals surface area contributed by atoms with E-state index < -0.39 is 0 Å². The minimum absolute atomic E-state index is 0.258. The van der Waals surface area contributed by atoms with E-state index in [9.17, 15) is 4.79 Å². The fourth-order valence-corrected chi connectivity index (χ4v) is 3.95. The average Bonchev–Trinajstić information content (AvgIpc) is 2.89. The lowest BCUT2D eigenvalue weighted by molar-refractivity contribution is 0.102. The molecule has 184 valence electrons. The number of hydrogen-bond acceptors (Lipinski definition) is 4. The molecule has 6 heteroatoms. The van der Waals surface area contributed by atoms with Crippen molar-refractivity contribution < 1.29 is 19.0 Å². The fourth-order valence-electron chi connectivity index (χ4n) is 3.78. The van der Waals surface area contributed by atoms with Crippen molar-refractivity contribution >= 4 is 23.2 Å². The van der Waals surface area contributed by atoms with Crippen LogP contribution >= 0.6 is 11.6 Å². The van der Waals surface area contributed by atoms with E-state index in [2.05, 4.69) is 25.2 Å². The molecule has 0 radical (unpaired) electrons. The maximum atomic E-state index is 13.2. The summed E-state index contributed by atoms with van der Waals surface area (Å²) < 4.78 is 17.6. The van der Waals surface area contributed by atoms with Crippen molar-refractivity contribution in [3.63, 3.8) is 0 Å². The van der Waals surface area contributed by atoms with Crippen LogP contribution < -0.4 is 19.5 Å². The molecule has 0 unspecified atom stereocenters. The van der Waals surface area contributed by atoms with Gasteiger partial charge in [0.1, 0.15) is 23.9 Å². The molecular formula is C30H28ClNO4. The second-order valence-corrected chi connectivity index (χ2v) is 8.95. The van der Waals surface area contributed by atoms with Gasteiger partial charge in [-0.05, 0) is 66.1 Å². The van der Waals surface area contributed by atoms with E-state index in [1.807, 2.05) is 48.5 Å². The van der Waals surface area contributed by atoms with Gasteiger partial charge in [0.15, 0.2) is 5.75 Å². The smallest absolute Gasteiger partial charge is 0.255 e. The third-order valence-corrected chi connectivity index (χ3v) is 5.86. The molecule has 5 nitrogen and oxygen atoms in total. The van der Waals surface area contributed by atoms with Crippen LogP contribution in [0.1, 0.15) is 41.3 Å². The highest BCUT2D eigenvalue weighted by atomic mass is 35.5. The van der Waals surface area contributed by atoms with E-state index in [0.29, 0.717) is 39.4 Å². The molecule has 0 aromatic heterocycles. The molecule has 0 heterocycles. The number of rotatable bonds is 9. The highest BCUT2D eigenvalue weighted by Crippen LogP contribution is 2.33. The topological polar surface area (TPSA) is 56.8 Å². The molecular weight excluding hydrogens is 474 g/mol. The van der Waals surface area contributed by atoms with Crippen molar-refractivity contribution in [2.45, 2.75) is 26.4 Å². The summed E-state index contributed by atoms with van der Waals surface area (Å²) in [5.74, 6) is 2.62. The van der Waals surface area contributed by atoms with Crippen LogP contribution in [0.5, 0.6) is 23.0 Å². The fraction of sp³-hybridized carbons (Fsp3) is 0.167. The van der Waals surface area contributed by atoms with Gasteiger partial charge in [0.05, 0.1) is 12.8 Å². The first-order valence-corrected chi connectivity index (χ1v) is 12.0. The zero-order chi connectivity index (χ0) is 25.5. The molecule has 0 saturated heterocycles. The number of ether oxygens (including phenoxy) is 3. The van der Waals surface area contributed by atoms with Gasteiger partial charge in [-0.2, -0.15) is 0 Å². The molecule has 1 N–H and O–H groups in total. The third-order valence-electron chi connectivity index (χ3n) is 5.63. The molecule has 0 bridgehead atoms. The number of nitrogens with one attached hydrogen (secondary N) is 1. The van der Waals surface area contributed by atoms with Crippen molar-refractivity contribution in [2.24, 2.45) is 0 Å². The molecule has 4 aromatic rings. The lowest BCUT2D eigenvalue weighted by Crippen LogP contribution is -2.13. The van der Waals surface area contributed by atoms with E-state index in [1.165, 1.54) is 0 Å². The predicted octanol–water partition coefficient (Wildman–Crippen LogP) is 8.10. The number of methoxy groups -OCH3 is 1. The minimum Gasteiger partial charge on any atom is -0.496 e. The average molecular weight is 502 g/mol. The van der Waals surface area contributed by atoms with Crippen LogP contribution in [-0.4, -0.2) is 13.0 Å². The van der Waals surface area contributed by atoms with Crippen molar-refractivity contribution in [1.82, 2.24) is 0 Å². The normalized spacial score (nSPS) is 10.7. The van der Waals surface area contributed by atoms with Crippen LogP contribution in [0.15, 0.2) is 91.0 Å². The van der Waals surface area contributed by atoms with Gasteiger partial charge in [-0.25, -0.2) is 0 Å². The van der Waals surface area contributed by atoms with Gasteiger partial charge in [-0.1, -0.05) is 61.8 Å². The molecule has 0 aliphatic rings. The number of halogens is 1. The summed E-state index contributed by atoms with van der Waals surface area (Å²) in [6, 6.07) is 27.6. The first kappa shape index (κ1) is 25.1. The molecule has 0 saturated carbocycles. The zero-order valence-electron chi connectivity index (χ0n) is 20.5. The standard InChI is InChI=1S/C30H28ClNO4/c1-20(2)25-11-7-8-12-28(25)35-19-22-17-21(13-15-27(22)34-3)30(33)32-26-18-23(31)14-16-29(26)36-24-9-5-4-6-10-24/h4-18,20H,19H2,1-3H3,(H,32,33). The second kappa shape index (κ2) is 11.6. The number of amides is 1. The molecule has 1 amide bonds. The Bertz CT molecular complexity index is 1340. The van der Waals surface area contributed by atoms with Gasteiger partial charge < -0.3 is 19.5 Å². The number of benzene rings is 4. The van der Waals surface area contributed by atoms with Gasteiger partial charge in [-0.15, -0.1) is 0 Å². The zero-order valence-corrected chi connectivity index (χ0v) is 21.2. The predicted molar refractivity (Wildman–Crippen MR) is 144 cm³/mol. The van der Waals surface area contributed by atoms with Crippen molar-refractivity contribution in [3.05, 3.63) is 113 Å². The van der Waals surface area contributed by atoms with E-state index in [0.717, 1.165) is 16.9 Å². The molecule has 0 fully saturated rings. The van der Waals surface area contributed by atoms with Gasteiger partial charge in [0.25, 0.3) is 5.91 Å². The number of hydrogen-bond donors (Lipinski definition) is 1. The van der Waals surface area contributed by atoms with E-state index in [4.69, 9.17) is 25.8 Å². The van der Waals surface area contributed by atoms with Crippen LogP contribution in [0.25, 0.3) is 0 Å². The monoisotopic (exact) mass is 501 g/mol. The molecule has 0 atom stereocenters. The van der Waals surface area contributed by atoms with Crippen molar-refractivity contribution in [3.8, 4) is 23.0 Å². The highest BCUT2D eigenvalue weighted by molar-refractivity contribution is 6.31. The van der Waals surface area contributed by atoms with E-state index >= 15 is 0 Å². The Kier molecular flexibility index (Phi) is 8.13. The summed E-state index contributed by atoms with van der Waals surface area (Å²) in [7, 11) is 1.60. The Morgan fingerprint density at radius 2 is 1.58 bits per heavy atom. The quantitative estimate of drug-likeness (QED) is 0.252. The first-order valence-electron chi connectivity index (χ1n) is 11.7. The Labute approximate surface area is 216 Å². The number of carbonyl (C=O) groups is 1. The van der Waals surface area contributed by atoms with Gasteiger partial charge in [0.2, 0.25) is 0 Å². The van der Waals surface area contributed by atoms with Crippen LogP contribution in [0.2, 0.25) is 5.02 Å².